The standard InChI is InChI=1S/C20H24N2O4/c1-4-7-19(23)21-15-10-12-16(13-11-15)22-20(24)14(2)26-18-9-6-5-8-17(18)25-3/h5-6,8-14H,4,7H2,1-3H3,(H,21,23)(H,22,24). The zero-order valence-corrected chi connectivity index (χ0v) is 15.2. The van der Waals surface area contributed by atoms with Gasteiger partial charge in [0.15, 0.2) is 17.6 Å². The number of carbonyl (C=O) groups is 2. The number of ether oxygens (including phenoxy) is 2. The summed E-state index contributed by atoms with van der Waals surface area (Å²) in [6.07, 6.45) is 0.579. The molecule has 0 saturated heterocycles. The molecule has 6 heteroatoms. The van der Waals surface area contributed by atoms with Gasteiger partial charge in [-0.25, -0.2) is 0 Å². The predicted molar refractivity (Wildman–Crippen MR) is 102 cm³/mol. The highest BCUT2D eigenvalue weighted by Crippen LogP contribution is 2.27. The highest BCUT2D eigenvalue weighted by Gasteiger charge is 2.16. The molecule has 0 bridgehead atoms. The smallest absolute Gasteiger partial charge is 0.265 e. The van der Waals surface area contributed by atoms with Crippen molar-refractivity contribution in [2.75, 3.05) is 17.7 Å². The second-order valence-electron chi connectivity index (χ2n) is 5.78. The van der Waals surface area contributed by atoms with E-state index in [1.54, 1.807) is 50.4 Å². The van der Waals surface area contributed by atoms with Gasteiger partial charge in [-0.15, -0.1) is 0 Å². The van der Waals surface area contributed by atoms with Crippen molar-refractivity contribution in [2.24, 2.45) is 0 Å². The van der Waals surface area contributed by atoms with E-state index in [1.807, 2.05) is 19.1 Å². The summed E-state index contributed by atoms with van der Waals surface area (Å²) in [4.78, 5) is 23.9. The molecular formula is C20H24N2O4. The van der Waals surface area contributed by atoms with Crippen molar-refractivity contribution in [1.82, 2.24) is 0 Å². The maximum absolute atomic E-state index is 12.3. The van der Waals surface area contributed by atoms with Gasteiger partial charge in [0.05, 0.1) is 7.11 Å². The molecule has 2 aromatic rings. The monoisotopic (exact) mass is 356 g/mol. The molecule has 1 unspecified atom stereocenters. The number of para-hydroxylation sites is 2. The third-order valence-corrected chi connectivity index (χ3v) is 3.66. The molecule has 1 atom stereocenters. The number of amides is 2. The van der Waals surface area contributed by atoms with Gasteiger partial charge in [-0.2, -0.15) is 0 Å². The molecule has 0 aliphatic heterocycles. The van der Waals surface area contributed by atoms with Gasteiger partial charge in [-0.05, 0) is 49.7 Å². The predicted octanol–water partition coefficient (Wildman–Crippen LogP) is 3.84. The fraction of sp³-hybridized carbons (Fsp3) is 0.300. The number of hydrogen-bond donors (Lipinski definition) is 2. The molecule has 138 valence electrons. The Morgan fingerprint density at radius 3 is 2.12 bits per heavy atom. The fourth-order valence-electron chi connectivity index (χ4n) is 2.29. The number of rotatable bonds is 8. The molecule has 6 nitrogen and oxygen atoms in total. The van der Waals surface area contributed by atoms with Crippen LogP contribution in [-0.4, -0.2) is 25.0 Å². The van der Waals surface area contributed by atoms with E-state index in [4.69, 9.17) is 9.47 Å². The normalized spacial score (nSPS) is 11.3. The van der Waals surface area contributed by atoms with Crippen molar-refractivity contribution in [3.63, 3.8) is 0 Å². The molecule has 0 saturated carbocycles. The zero-order chi connectivity index (χ0) is 18.9. The molecule has 0 radical (unpaired) electrons. The summed E-state index contributed by atoms with van der Waals surface area (Å²) >= 11 is 0. The minimum atomic E-state index is -0.699. The summed E-state index contributed by atoms with van der Waals surface area (Å²) in [5, 5.41) is 5.59. The van der Waals surface area contributed by atoms with E-state index >= 15 is 0 Å². The van der Waals surface area contributed by atoms with Crippen LogP contribution in [0.15, 0.2) is 48.5 Å². The number of hydrogen-bond acceptors (Lipinski definition) is 4. The van der Waals surface area contributed by atoms with Crippen LogP contribution in [0, 0.1) is 0 Å². The van der Waals surface area contributed by atoms with E-state index < -0.39 is 6.10 Å². The van der Waals surface area contributed by atoms with Crippen LogP contribution in [0.1, 0.15) is 26.7 Å². The Balaban J connectivity index is 1.93. The van der Waals surface area contributed by atoms with E-state index in [2.05, 4.69) is 10.6 Å². The van der Waals surface area contributed by atoms with Crippen LogP contribution in [-0.2, 0) is 9.59 Å². The van der Waals surface area contributed by atoms with Crippen LogP contribution in [0.3, 0.4) is 0 Å². The molecule has 26 heavy (non-hydrogen) atoms. The van der Waals surface area contributed by atoms with Crippen molar-refractivity contribution in [2.45, 2.75) is 32.8 Å². The maximum Gasteiger partial charge on any atom is 0.265 e. The summed E-state index contributed by atoms with van der Waals surface area (Å²) in [7, 11) is 1.55. The summed E-state index contributed by atoms with van der Waals surface area (Å²) < 4.78 is 10.9. The van der Waals surface area contributed by atoms with E-state index in [9.17, 15) is 9.59 Å². The van der Waals surface area contributed by atoms with Gasteiger partial charge in [0.25, 0.3) is 5.91 Å². The lowest BCUT2D eigenvalue weighted by Crippen LogP contribution is -2.30. The molecule has 0 aromatic heterocycles. The quantitative estimate of drug-likeness (QED) is 0.753. The zero-order valence-electron chi connectivity index (χ0n) is 15.2. The molecule has 2 N–H and O–H groups in total. The summed E-state index contributed by atoms with van der Waals surface area (Å²) in [5.74, 6) is 0.771. The Morgan fingerprint density at radius 2 is 1.54 bits per heavy atom. The lowest BCUT2D eigenvalue weighted by Gasteiger charge is -2.16. The van der Waals surface area contributed by atoms with Crippen molar-refractivity contribution in [1.29, 1.82) is 0 Å². The molecule has 0 heterocycles. The van der Waals surface area contributed by atoms with E-state index in [1.165, 1.54) is 0 Å². The Bertz CT molecular complexity index is 744. The van der Waals surface area contributed by atoms with E-state index in [-0.39, 0.29) is 11.8 Å². The van der Waals surface area contributed by atoms with Gasteiger partial charge in [-0.3, -0.25) is 9.59 Å². The summed E-state index contributed by atoms with van der Waals surface area (Å²) in [5.41, 5.74) is 1.32. The summed E-state index contributed by atoms with van der Waals surface area (Å²) in [6, 6.07) is 14.1. The number of methoxy groups -OCH3 is 1. The lowest BCUT2D eigenvalue weighted by atomic mass is 10.2. The van der Waals surface area contributed by atoms with Crippen LogP contribution in [0.25, 0.3) is 0 Å². The lowest BCUT2D eigenvalue weighted by molar-refractivity contribution is -0.122. The highest BCUT2D eigenvalue weighted by molar-refractivity contribution is 5.95. The van der Waals surface area contributed by atoms with Crippen LogP contribution >= 0.6 is 0 Å². The molecule has 0 aliphatic rings. The molecule has 2 amide bonds. The second-order valence-corrected chi connectivity index (χ2v) is 5.78. The van der Waals surface area contributed by atoms with Crippen LogP contribution in [0.4, 0.5) is 11.4 Å². The van der Waals surface area contributed by atoms with Gasteiger partial charge < -0.3 is 20.1 Å². The molecule has 2 aromatic carbocycles. The number of carbonyl (C=O) groups excluding carboxylic acids is 2. The average Bonchev–Trinajstić information content (AvgIpc) is 2.64. The van der Waals surface area contributed by atoms with Crippen molar-refractivity contribution < 1.29 is 19.1 Å². The van der Waals surface area contributed by atoms with Crippen molar-refractivity contribution in [3.8, 4) is 11.5 Å². The first-order valence-corrected chi connectivity index (χ1v) is 8.54. The van der Waals surface area contributed by atoms with Gasteiger partial charge in [0, 0.05) is 17.8 Å². The van der Waals surface area contributed by atoms with Gasteiger partial charge in [-0.1, -0.05) is 19.1 Å². The summed E-state index contributed by atoms with van der Waals surface area (Å²) in [6.45, 7) is 3.62. The van der Waals surface area contributed by atoms with Gasteiger partial charge in [0.1, 0.15) is 0 Å². The molecule has 0 aliphatic carbocycles. The Labute approximate surface area is 153 Å². The Hall–Kier alpha value is -3.02. The average molecular weight is 356 g/mol. The molecule has 0 fully saturated rings. The topological polar surface area (TPSA) is 76.7 Å². The largest absolute Gasteiger partial charge is 0.493 e. The van der Waals surface area contributed by atoms with E-state index in [0.29, 0.717) is 29.3 Å². The maximum atomic E-state index is 12.3. The minimum absolute atomic E-state index is 0.0249. The first kappa shape index (κ1) is 19.3. The number of anilines is 2. The van der Waals surface area contributed by atoms with Crippen LogP contribution in [0.5, 0.6) is 11.5 Å². The van der Waals surface area contributed by atoms with Crippen molar-refractivity contribution in [3.05, 3.63) is 48.5 Å². The second kappa shape index (κ2) is 9.46. The number of nitrogens with one attached hydrogen (secondary N) is 2. The third kappa shape index (κ3) is 5.51. The number of benzene rings is 2. The van der Waals surface area contributed by atoms with Crippen molar-refractivity contribution >= 4 is 23.2 Å². The highest BCUT2D eigenvalue weighted by atomic mass is 16.5. The Kier molecular flexibility index (Phi) is 7.02. The molecule has 2 rings (SSSR count). The van der Waals surface area contributed by atoms with Crippen LogP contribution < -0.4 is 20.1 Å². The fourth-order valence-corrected chi connectivity index (χ4v) is 2.29. The van der Waals surface area contributed by atoms with E-state index in [0.717, 1.165) is 6.42 Å². The van der Waals surface area contributed by atoms with Gasteiger partial charge >= 0.3 is 0 Å². The molecular weight excluding hydrogens is 332 g/mol. The Morgan fingerprint density at radius 1 is 0.962 bits per heavy atom. The molecule has 0 spiro atoms. The minimum Gasteiger partial charge on any atom is -0.493 e. The first-order chi connectivity index (χ1) is 12.5. The van der Waals surface area contributed by atoms with Crippen LogP contribution in [0.2, 0.25) is 0 Å². The third-order valence-electron chi connectivity index (χ3n) is 3.66. The first-order valence-electron chi connectivity index (χ1n) is 8.54. The van der Waals surface area contributed by atoms with Gasteiger partial charge in [0.2, 0.25) is 5.91 Å². The SMILES string of the molecule is CCCC(=O)Nc1ccc(NC(=O)C(C)Oc2ccccc2OC)cc1.